The van der Waals surface area contributed by atoms with Crippen LogP contribution in [-0.4, -0.2) is 33.4 Å². The van der Waals surface area contributed by atoms with Crippen molar-refractivity contribution in [2.45, 2.75) is 25.4 Å². The number of hydrogen-bond donors (Lipinski definition) is 3. The first-order chi connectivity index (χ1) is 10.2. The molecule has 0 bridgehead atoms. The summed E-state index contributed by atoms with van der Waals surface area (Å²) in [5, 5.41) is 16.9. The second-order valence-corrected chi connectivity index (χ2v) is 5.27. The Kier molecular flexibility index (Phi) is 3.62. The minimum Gasteiger partial charge on any atom is -0.508 e. The van der Waals surface area contributed by atoms with Crippen LogP contribution in [0.25, 0.3) is 0 Å². The minimum atomic E-state index is -0.143. The minimum absolute atomic E-state index is 0.0126. The van der Waals surface area contributed by atoms with Gasteiger partial charge in [-0.2, -0.15) is 5.10 Å². The summed E-state index contributed by atoms with van der Waals surface area (Å²) >= 11 is 0. The number of nitrogens with one attached hydrogen (secondary N) is 1. The van der Waals surface area contributed by atoms with Crippen LogP contribution in [0.15, 0.2) is 30.6 Å². The van der Waals surface area contributed by atoms with Gasteiger partial charge in [0.25, 0.3) is 5.91 Å². The molecule has 1 aromatic carbocycles. The van der Waals surface area contributed by atoms with E-state index in [9.17, 15) is 9.90 Å². The van der Waals surface area contributed by atoms with Crippen molar-refractivity contribution in [1.29, 1.82) is 0 Å². The molecule has 4 N–H and O–H groups in total. The molecule has 0 aliphatic heterocycles. The Labute approximate surface area is 122 Å². The molecule has 1 heterocycles. The largest absolute Gasteiger partial charge is 0.508 e. The highest BCUT2D eigenvalue weighted by molar-refractivity contribution is 5.94. The van der Waals surface area contributed by atoms with Crippen LogP contribution in [0.3, 0.4) is 0 Å². The number of phenolic OH excluding ortho intramolecular Hbond substituents is 1. The third-order valence-corrected chi connectivity index (χ3v) is 3.75. The van der Waals surface area contributed by atoms with Crippen LogP contribution in [0.5, 0.6) is 5.75 Å². The van der Waals surface area contributed by atoms with Crippen molar-refractivity contribution >= 4 is 5.91 Å². The normalized spacial score (nSPS) is 16.7. The molecule has 1 unspecified atom stereocenters. The highest BCUT2D eigenvalue weighted by Crippen LogP contribution is 2.29. The molecule has 110 valence electrons. The van der Waals surface area contributed by atoms with Crippen molar-refractivity contribution in [3.8, 4) is 5.75 Å². The Balaban J connectivity index is 1.65. The van der Waals surface area contributed by atoms with E-state index in [4.69, 9.17) is 5.73 Å². The summed E-state index contributed by atoms with van der Waals surface area (Å²) in [7, 11) is 0. The van der Waals surface area contributed by atoms with Crippen molar-refractivity contribution in [3.05, 3.63) is 47.3 Å². The lowest BCUT2D eigenvalue weighted by Gasteiger charge is -2.10. The van der Waals surface area contributed by atoms with Crippen molar-refractivity contribution in [1.82, 2.24) is 15.1 Å². The molecule has 3 rings (SSSR count). The van der Waals surface area contributed by atoms with Gasteiger partial charge in [-0.15, -0.1) is 0 Å². The summed E-state index contributed by atoms with van der Waals surface area (Å²) in [6.07, 6.45) is 4.64. The molecule has 21 heavy (non-hydrogen) atoms. The quantitative estimate of drug-likeness (QED) is 0.760. The predicted octanol–water partition coefficient (Wildman–Crippen LogP) is 0.445. The Morgan fingerprint density at radius 2 is 2.33 bits per heavy atom. The number of phenols is 1. The van der Waals surface area contributed by atoms with Gasteiger partial charge >= 0.3 is 0 Å². The topological polar surface area (TPSA) is 93.2 Å². The van der Waals surface area contributed by atoms with Gasteiger partial charge in [0.1, 0.15) is 5.75 Å². The van der Waals surface area contributed by atoms with Gasteiger partial charge in [0.05, 0.1) is 18.3 Å². The molecule has 0 saturated carbocycles. The second-order valence-electron chi connectivity index (χ2n) is 5.27. The first-order valence-corrected chi connectivity index (χ1v) is 7.00. The number of carbonyl (C=O) groups is 1. The fourth-order valence-electron chi connectivity index (χ4n) is 2.74. The molecular formula is C15H18N4O2. The number of hydrogen-bond acceptors (Lipinski definition) is 4. The molecule has 2 aromatic rings. The Bertz CT molecular complexity index is 665. The zero-order valence-electron chi connectivity index (χ0n) is 11.6. The van der Waals surface area contributed by atoms with E-state index in [1.807, 2.05) is 12.1 Å². The van der Waals surface area contributed by atoms with E-state index in [2.05, 4.69) is 10.4 Å². The molecule has 6 nitrogen and oxygen atoms in total. The standard InChI is InChI=1S/C15H18N4O2/c16-4-5-19-9-11(8-17-19)15(21)18-12-6-10-2-1-3-14(20)13(10)7-12/h1-3,8-9,12,20H,4-7,16H2,(H,18,21). The van der Waals surface area contributed by atoms with Crippen LogP contribution in [0.1, 0.15) is 21.5 Å². The maximum absolute atomic E-state index is 12.2. The SMILES string of the molecule is NCCn1cc(C(=O)NC2Cc3cccc(O)c3C2)cn1. The monoisotopic (exact) mass is 286 g/mol. The Morgan fingerprint density at radius 1 is 1.48 bits per heavy atom. The number of benzene rings is 1. The second kappa shape index (κ2) is 5.57. The average Bonchev–Trinajstić information content (AvgIpc) is 3.06. The van der Waals surface area contributed by atoms with Gasteiger partial charge in [-0.25, -0.2) is 0 Å². The van der Waals surface area contributed by atoms with E-state index in [0.29, 0.717) is 30.8 Å². The van der Waals surface area contributed by atoms with Crippen LogP contribution in [0.4, 0.5) is 0 Å². The van der Waals surface area contributed by atoms with E-state index in [1.54, 1.807) is 23.1 Å². The van der Waals surface area contributed by atoms with E-state index >= 15 is 0 Å². The van der Waals surface area contributed by atoms with Gasteiger partial charge in [0, 0.05) is 18.8 Å². The smallest absolute Gasteiger partial charge is 0.254 e. The molecule has 1 aliphatic carbocycles. The van der Waals surface area contributed by atoms with Gasteiger partial charge in [-0.1, -0.05) is 12.1 Å². The van der Waals surface area contributed by atoms with E-state index in [-0.39, 0.29) is 11.9 Å². The van der Waals surface area contributed by atoms with E-state index < -0.39 is 0 Å². The fourth-order valence-corrected chi connectivity index (χ4v) is 2.74. The van der Waals surface area contributed by atoms with Crippen molar-refractivity contribution in [3.63, 3.8) is 0 Å². The Morgan fingerprint density at radius 3 is 3.10 bits per heavy atom. The molecule has 0 spiro atoms. The number of fused-ring (bicyclic) bond motifs is 1. The number of nitrogens with two attached hydrogens (primary N) is 1. The van der Waals surface area contributed by atoms with Crippen molar-refractivity contribution in [2.75, 3.05) is 6.54 Å². The van der Waals surface area contributed by atoms with Crippen LogP contribution in [0.2, 0.25) is 0 Å². The maximum Gasteiger partial charge on any atom is 0.254 e. The predicted molar refractivity (Wildman–Crippen MR) is 78.1 cm³/mol. The summed E-state index contributed by atoms with van der Waals surface area (Å²) in [5.41, 5.74) is 8.02. The summed E-state index contributed by atoms with van der Waals surface area (Å²) < 4.78 is 1.66. The van der Waals surface area contributed by atoms with Gasteiger partial charge in [-0.05, 0) is 30.0 Å². The highest BCUT2D eigenvalue weighted by atomic mass is 16.3. The zero-order chi connectivity index (χ0) is 14.8. The number of aromatic nitrogens is 2. The molecule has 6 heteroatoms. The third kappa shape index (κ3) is 2.75. The lowest BCUT2D eigenvalue weighted by Crippen LogP contribution is -2.35. The van der Waals surface area contributed by atoms with Crippen molar-refractivity contribution < 1.29 is 9.90 Å². The number of aromatic hydroxyl groups is 1. The summed E-state index contributed by atoms with van der Waals surface area (Å²) in [6, 6.07) is 5.51. The molecule has 1 atom stereocenters. The first-order valence-electron chi connectivity index (χ1n) is 7.00. The molecule has 1 aromatic heterocycles. The van der Waals surface area contributed by atoms with Crippen LogP contribution < -0.4 is 11.1 Å². The third-order valence-electron chi connectivity index (χ3n) is 3.75. The van der Waals surface area contributed by atoms with E-state index in [1.165, 1.54) is 0 Å². The Hall–Kier alpha value is -2.34. The number of rotatable bonds is 4. The zero-order valence-corrected chi connectivity index (χ0v) is 11.6. The van der Waals surface area contributed by atoms with Gasteiger partial charge in [0.2, 0.25) is 0 Å². The fraction of sp³-hybridized carbons (Fsp3) is 0.333. The van der Waals surface area contributed by atoms with Gasteiger partial charge in [-0.3, -0.25) is 9.48 Å². The van der Waals surface area contributed by atoms with Crippen LogP contribution in [0, 0.1) is 0 Å². The summed E-state index contributed by atoms with van der Waals surface area (Å²) in [6.45, 7) is 1.08. The molecule has 1 amide bonds. The molecule has 0 radical (unpaired) electrons. The lowest BCUT2D eigenvalue weighted by molar-refractivity contribution is 0.0938. The number of carbonyl (C=O) groups excluding carboxylic acids is 1. The van der Waals surface area contributed by atoms with Gasteiger partial charge in [0.15, 0.2) is 0 Å². The van der Waals surface area contributed by atoms with Crippen LogP contribution >= 0.6 is 0 Å². The maximum atomic E-state index is 12.2. The summed E-state index contributed by atoms with van der Waals surface area (Å²) in [4.78, 5) is 12.2. The average molecular weight is 286 g/mol. The van der Waals surface area contributed by atoms with E-state index in [0.717, 1.165) is 17.5 Å². The molecule has 1 aliphatic rings. The molecular weight excluding hydrogens is 268 g/mol. The van der Waals surface area contributed by atoms with Crippen molar-refractivity contribution in [2.24, 2.45) is 5.73 Å². The van der Waals surface area contributed by atoms with Crippen LogP contribution in [-0.2, 0) is 19.4 Å². The molecule has 0 fully saturated rings. The highest BCUT2D eigenvalue weighted by Gasteiger charge is 2.25. The number of nitrogens with zero attached hydrogens (tertiary/aromatic N) is 2. The first kappa shape index (κ1) is 13.6. The number of amides is 1. The van der Waals surface area contributed by atoms with Gasteiger partial charge < -0.3 is 16.2 Å². The molecule has 0 saturated heterocycles. The summed E-state index contributed by atoms with van der Waals surface area (Å²) in [5.74, 6) is 0.163. The lowest BCUT2D eigenvalue weighted by atomic mass is 10.1.